The maximum absolute atomic E-state index is 13.4. The fourth-order valence-corrected chi connectivity index (χ4v) is 3.83. The van der Waals surface area contributed by atoms with Crippen LogP contribution in [0.25, 0.3) is 27.4 Å². The minimum atomic E-state index is -0.828. The Kier molecular flexibility index (Phi) is 4.86. The van der Waals surface area contributed by atoms with Crippen molar-refractivity contribution in [2.24, 2.45) is 0 Å². The summed E-state index contributed by atoms with van der Waals surface area (Å²) < 4.78 is 6.69. The molecule has 5 aromatic rings. The lowest BCUT2D eigenvalue weighted by Gasteiger charge is -2.05. The Morgan fingerprint density at radius 1 is 0.971 bits per heavy atom. The number of carbonyl (C=O) groups is 2. The number of nitro groups is 1. The van der Waals surface area contributed by atoms with Gasteiger partial charge in [0.15, 0.2) is 5.78 Å². The Labute approximate surface area is 191 Å². The third kappa shape index (κ3) is 3.45. The summed E-state index contributed by atoms with van der Waals surface area (Å²) in [6, 6.07) is 17.9. The Bertz CT molecular complexity index is 1700. The molecule has 166 valence electrons. The van der Waals surface area contributed by atoms with E-state index in [4.69, 9.17) is 4.42 Å². The van der Waals surface area contributed by atoms with Crippen LogP contribution in [0.15, 0.2) is 82.1 Å². The largest absolute Gasteiger partial charge is 0.422 e. The minimum absolute atomic E-state index is 0.0715. The van der Waals surface area contributed by atoms with Crippen LogP contribution in [0.4, 0.5) is 5.69 Å². The molecular weight excluding hydrogens is 438 g/mol. The highest BCUT2D eigenvalue weighted by atomic mass is 16.6. The molecule has 3 aromatic carbocycles. The fourth-order valence-electron chi connectivity index (χ4n) is 3.83. The van der Waals surface area contributed by atoms with E-state index >= 15 is 0 Å². The average molecular weight is 453 g/mol. The molecule has 0 atom stereocenters. The fraction of sp³-hybridized carbons (Fsp3) is 0.0400. The van der Waals surface area contributed by atoms with E-state index in [0.717, 1.165) is 10.8 Å². The molecule has 5 rings (SSSR count). The molecule has 0 unspecified atom stereocenters. The van der Waals surface area contributed by atoms with Crippen LogP contribution in [0, 0.1) is 10.1 Å². The highest BCUT2D eigenvalue weighted by molar-refractivity contribution is 6.16. The van der Waals surface area contributed by atoms with Gasteiger partial charge in [-0.15, -0.1) is 0 Å². The lowest BCUT2D eigenvalue weighted by atomic mass is 10.0. The van der Waals surface area contributed by atoms with E-state index in [0.29, 0.717) is 16.7 Å². The van der Waals surface area contributed by atoms with Crippen molar-refractivity contribution in [1.82, 2.24) is 9.78 Å². The van der Waals surface area contributed by atoms with E-state index in [-0.39, 0.29) is 22.5 Å². The molecule has 9 nitrogen and oxygen atoms in total. The molecule has 0 aliphatic rings. The number of rotatable bonds is 5. The van der Waals surface area contributed by atoms with Gasteiger partial charge in [-0.3, -0.25) is 19.7 Å². The first-order chi connectivity index (χ1) is 16.3. The second kappa shape index (κ2) is 7.89. The van der Waals surface area contributed by atoms with E-state index in [1.54, 1.807) is 6.07 Å². The van der Waals surface area contributed by atoms with Gasteiger partial charge in [0.1, 0.15) is 16.8 Å². The van der Waals surface area contributed by atoms with Crippen molar-refractivity contribution in [2.45, 2.75) is 6.92 Å². The number of benzene rings is 3. The molecule has 0 bridgehead atoms. The number of fused-ring (bicyclic) bond motifs is 3. The lowest BCUT2D eigenvalue weighted by molar-refractivity contribution is -0.384. The topological polar surface area (TPSA) is 125 Å². The van der Waals surface area contributed by atoms with Crippen molar-refractivity contribution in [2.75, 3.05) is 0 Å². The normalized spacial score (nSPS) is 11.1. The molecule has 0 fully saturated rings. The van der Waals surface area contributed by atoms with Gasteiger partial charge in [0.25, 0.3) is 5.69 Å². The first-order valence-corrected chi connectivity index (χ1v) is 10.2. The first kappa shape index (κ1) is 21.0. The summed E-state index contributed by atoms with van der Waals surface area (Å²) in [5.74, 6) is -1.18. The summed E-state index contributed by atoms with van der Waals surface area (Å²) in [4.78, 5) is 48.7. The summed E-state index contributed by atoms with van der Waals surface area (Å²) >= 11 is 0. The van der Waals surface area contributed by atoms with Crippen molar-refractivity contribution in [3.8, 4) is 5.69 Å². The number of nitro benzene ring substituents is 1. The Balaban J connectivity index is 1.65. The molecule has 0 aliphatic heterocycles. The zero-order chi connectivity index (χ0) is 24.0. The number of hydrogen-bond acceptors (Lipinski definition) is 7. The molecule has 0 radical (unpaired) electrons. The van der Waals surface area contributed by atoms with Gasteiger partial charge in [0.05, 0.1) is 16.2 Å². The van der Waals surface area contributed by atoms with Gasteiger partial charge in [-0.25, -0.2) is 9.48 Å². The molecule has 0 spiro atoms. The maximum atomic E-state index is 13.4. The van der Waals surface area contributed by atoms with E-state index in [1.165, 1.54) is 48.1 Å². The Morgan fingerprint density at radius 2 is 1.71 bits per heavy atom. The van der Waals surface area contributed by atoms with Gasteiger partial charge in [-0.1, -0.05) is 30.3 Å². The van der Waals surface area contributed by atoms with E-state index < -0.39 is 22.1 Å². The number of carbonyl (C=O) groups excluding carboxylic acids is 2. The van der Waals surface area contributed by atoms with Gasteiger partial charge < -0.3 is 4.42 Å². The molecule has 0 N–H and O–H groups in total. The van der Waals surface area contributed by atoms with Crippen LogP contribution >= 0.6 is 0 Å². The summed E-state index contributed by atoms with van der Waals surface area (Å²) in [5, 5.41) is 17.4. The summed E-state index contributed by atoms with van der Waals surface area (Å²) in [7, 11) is 0. The van der Waals surface area contributed by atoms with Gasteiger partial charge in [-0.05, 0) is 35.0 Å². The van der Waals surface area contributed by atoms with Gasteiger partial charge in [-0.2, -0.15) is 5.10 Å². The molecule has 34 heavy (non-hydrogen) atoms. The standard InChI is InChI=1S/C25H15N3O6/c1-14(29)23-21(13-27(26-23)16-7-9-17(10-8-16)28(32)33)24(30)20-12-19-18-5-3-2-4-15(18)6-11-22(19)34-25(20)31/h2-13H,1H3. The van der Waals surface area contributed by atoms with E-state index in [9.17, 15) is 24.5 Å². The second-order valence-corrected chi connectivity index (χ2v) is 7.64. The number of aromatic nitrogens is 2. The summed E-state index contributed by atoms with van der Waals surface area (Å²) in [5.41, 5.74) is -0.615. The molecule has 0 saturated carbocycles. The molecule has 2 aromatic heterocycles. The van der Waals surface area contributed by atoms with Crippen LogP contribution in [0.2, 0.25) is 0 Å². The SMILES string of the molecule is CC(=O)c1nn(-c2ccc([N+](=O)[O-])cc2)cc1C(=O)c1cc2c(ccc3ccccc32)oc1=O. The average Bonchev–Trinajstić information content (AvgIpc) is 3.29. The molecule has 0 amide bonds. The number of ketones is 2. The van der Waals surface area contributed by atoms with Crippen LogP contribution in [-0.2, 0) is 0 Å². The van der Waals surface area contributed by atoms with Gasteiger partial charge >= 0.3 is 5.63 Å². The Morgan fingerprint density at radius 3 is 2.41 bits per heavy atom. The van der Waals surface area contributed by atoms with Crippen molar-refractivity contribution < 1.29 is 18.9 Å². The highest BCUT2D eigenvalue weighted by Crippen LogP contribution is 2.26. The highest BCUT2D eigenvalue weighted by Gasteiger charge is 2.25. The number of Topliss-reactive ketones (excluding diaryl/α,β-unsaturated/α-hetero) is 1. The Hall–Kier alpha value is -4.92. The zero-order valence-electron chi connectivity index (χ0n) is 17.7. The van der Waals surface area contributed by atoms with Crippen molar-refractivity contribution >= 4 is 39.0 Å². The smallest absolute Gasteiger partial charge is 0.347 e. The third-order valence-electron chi connectivity index (χ3n) is 5.50. The van der Waals surface area contributed by atoms with Gasteiger partial charge in [0, 0.05) is 30.6 Å². The van der Waals surface area contributed by atoms with E-state index in [2.05, 4.69) is 5.10 Å². The maximum Gasteiger partial charge on any atom is 0.347 e. The monoisotopic (exact) mass is 453 g/mol. The molecular formula is C25H15N3O6. The van der Waals surface area contributed by atoms with Crippen LogP contribution in [0.1, 0.15) is 33.3 Å². The molecule has 0 aliphatic carbocycles. The van der Waals surface area contributed by atoms with E-state index in [1.807, 2.05) is 30.3 Å². The minimum Gasteiger partial charge on any atom is -0.422 e. The number of non-ortho nitro benzene ring substituents is 1. The van der Waals surface area contributed by atoms with Crippen molar-refractivity contribution in [3.63, 3.8) is 0 Å². The third-order valence-corrected chi connectivity index (χ3v) is 5.50. The molecule has 9 heteroatoms. The second-order valence-electron chi connectivity index (χ2n) is 7.64. The van der Waals surface area contributed by atoms with Crippen LogP contribution < -0.4 is 5.63 Å². The first-order valence-electron chi connectivity index (χ1n) is 10.2. The molecule has 0 saturated heterocycles. The summed E-state index contributed by atoms with van der Waals surface area (Å²) in [6.45, 7) is 1.26. The van der Waals surface area contributed by atoms with Crippen LogP contribution in [-0.4, -0.2) is 26.3 Å². The predicted octanol–water partition coefficient (Wildman–Crippen LogP) is 4.47. The predicted molar refractivity (Wildman–Crippen MR) is 124 cm³/mol. The quantitative estimate of drug-likeness (QED) is 0.126. The van der Waals surface area contributed by atoms with Crippen LogP contribution in [0.3, 0.4) is 0 Å². The number of nitrogens with zero attached hydrogens (tertiary/aromatic N) is 3. The van der Waals surface area contributed by atoms with Crippen molar-refractivity contribution in [1.29, 1.82) is 0 Å². The number of hydrogen-bond donors (Lipinski definition) is 0. The van der Waals surface area contributed by atoms with Gasteiger partial charge in [0.2, 0.25) is 5.78 Å². The van der Waals surface area contributed by atoms with Crippen LogP contribution in [0.5, 0.6) is 0 Å². The summed E-state index contributed by atoms with van der Waals surface area (Å²) in [6.07, 6.45) is 1.33. The lowest BCUT2D eigenvalue weighted by Crippen LogP contribution is -2.16. The zero-order valence-corrected chi connectivity index (χ0v) is 17.7. The van der Waals surface area contributed by atoms with Crippen molar-refractivity contribution in [3.05, 3.63) is 110 Å². The molecule has 2 heterocycles.